The van der Waals surface area contributed by atoms with Crippen LogP contribution in [0.5, 0.6) is 0 Å². The number of anilines is 1. The fourth-order valence-corrected chi connectivity index (χ4v) is 1.61. The Labute approximate surface area is 99.2 Å². The number of hydrogen-bond donors (Lipinski definition) is 1. The number of ether oxygens (including phenoxy) is 1. The molecule has 0 aliphatic heterocycles. The van der Waals surface area contributed by atoms with Crippen molar-refractivity contribution < 1.29 is 9.15 Å². The quantitative estimate of drug-likeness (QED) is 0.819. The van der Waals surface area contributed by atoms with Crippen LogP contribution in [-0.4, -0.2) is 7.11 Å². The van der Waals surface area contributed by atoms with E-state index in [1.807, 2.05) is 12.1 Å². The van der Waals surface area contributed by atoms with Gasteiger partial charge in [0.1, 0.15) is 18.1 Å². The summed E-state index contributed by atoms with van der Waals surface area (Å²) in [6.45, 7) is 0.414. The van der Waals surface area contributed by atoms with Crippen molar-refractivity contribution in [3.63, 3.8) is 0 Å². The average molecular weight is 228 g/mol. The van der Waals surface area contributed by atoms with E-state index in [1.54, 1.807) is 25.3 Å². The molecule has 0 spiro atoms. The number of nitrogens with zero attached hydrogens (tertiary/aromatic N) is 1. The normalized spacial score (nSPS) is 10.1. The van der Waals surface area contributed by atoms with Gasteiger partial charge in [-0.2, -0.15) is 5.26 Å². The molecule has 2 aromatic rings. The summed E-state index contributed by atoms with van der Waals surface area (Å²) >= 11 is 0. The molecule has 2 N–H and O–H groups in total. The molecule has 0 amide bonds. The minimum atomic E-state index is 0.414. The molecule has 1 aromatic heterocycles. The van der Waals surface area contributed by atoms with Crippen molar-refractivity contribution in [1.82, 2.24) is 0 Å². The van der Waals surface area contributed by atoms with Crippen LogP contribution < -0.4 is 5.73 Å². The second-order valence-electron chi connectivity index (χ2n) is 3.62. The van der Waals surface area contributed by atoms with Crippen molar-refractivity contribution in [3.05, 3.63) is 41.7 Å². The van der Waals surface area contributed by atoms with Gasteiger partial charge in [0.25, 0.3) is 0 Å². The number of nitrogens with two attached hydrogens (primary N) is 1. The minimum Gasteiger partial charge on any atom is -0.459 e. The van der Waals surface area contributed by atoms with Gasteiger partial charge in [-0.25, -0.2) is 0 Å². The van der Waals surface area contributed by atoms with Crippen LogP contribution in [0.25, 0.3) is 11.3 Å². The van der Waals surface area contributed by atoms with Crippen molar-refractivity contribution in [2.45, 2.75) is 6.61 Å². The maximum Gasteiger partial charge on any atom is 0.135 e. The molecule has 0 saturated heterocycles. The predicted molar refractivity (Wildman–Crippen MR) is 64.0 cm³/mol. The zero-order chi connectivity index (χ0) is 12.3. The molecule has 0 aliphatic rings. The Kier molecular flexibility index (Phi) is 3.12. The zero-order valence-electron chi connectivity index (χ0n) is 9.43. The van der Waals surface area contributed by atoms with Crippen molar-refractivity contribution in [3.8, 4) is 17.4 Å². The van der Waals surface area contributed by atoms with E-state index in [4.69, 9.17) is 20.1 Å². The van der Waals surface area contributed by atoms with E-state index in [0.717, 1.165) is 11.3 Å². The molecule has 4 nitrogen and oxygen atoms in total. The molecule has 17 heavy (non-hydrogen) atoms. The fraction of sp³-hybridized carbons (Fsp3) is 0.154. The number of methoxy groups -OCH3 is 1. The molecule has 0 bridgehead atoms. The van der Waals surface area contributed by atoms with Gasteiger partial charge in [0.15, 0.2) is 0 Å². The first kappa shape index (κ1) is 11.2. The molecule has 0 fully saturated rings. The van der Waals surface area contributed by atoms with Crippen molar-refractivity contribution in [1.29, 1.82) is 5.26 Å². The van der Waals surface area contributed by atoms with Crippen LogP contribution in [0.3, 0.4) is 0 Å². The lowest BCUT2D eigenvalue weighted by Crippen LogP contribution is -1.88. The fourth-order valence-electron chi connectivity index (χ4n) is 1.61. The van der Waals surface area contributed by atoms with Gasteiger partial charge in [-0.3, -0.25) is 0 Å². The lowest BCUT2D eigenvalue weighted by Gasteiger charge is -2.01. The number of rotatable bonds is 3. The largest absolute Gasteiger partial charge is 0.459 e. The highest BCUT2D eigenvalue weighted by Gasteiger charge is 2.09. The first-order valence-corrected chi connectivity index (χ1v) is 5.12. The Balaban J connectivity index is 2.42. The van der Waals surface area contributed by atoms with E-state index in [-0.39, 0.29) is 0 Å². The summed E-state index contributed by atoms with van der Waals surface area (Å²) in [5, 5.41) is 9.04. The Morgan fingerprint density at radius 3 is 2.88 bits per heavy atom. The molecule has 0 unspecified atom stereocenters. The van der Waals surface area contributed by atoms with E-state index < -0.39 is 0 Å². The molecule has 4 heteroatoms. The number of furan rings is 1. The first-order chi connectivity index (χ1) is 8.24. The summed E-state index contributed by atoms with van der Waals surface area (Å²) in [4.78, 5) is 0. The van der Waals surface area contributed by atoms with Crippen LogP contribution in [0.4, 0.5) is 5.69 Å². The van der Waals surface area contributed by atoms with Gasteiger partial charge < -0.3 is 14.9 Å². The first-order valence-electron chi connectivity index (χ1n) is 5.12. The van der Waals surface area contributed by atoms with Gasteiger partial charge >= 0.3 is 0 Å². The zero-order valence-corrected chi connectivity index (χ0v) is 9.43. The smallest absolute Gasteiger partial charge is 0.135 e. The Morgan fingerprint density at radius 2 is 2.18 bits per heavy atom. The van der Waals surface area contributed by atoms with Crippen LogP contribution in [0.1, 0.15) is 11.3 Å². The number of nitrogen functional groups attached to an aromatic ring is 1. The number of benzene rings is 1. The number of nitriles is 1. The summed E-state index contributed by atoms with van der Waals surface area (Å²) in [6, 6.07) is 10.9. The van der Waals surface area contributed by atoms with Crippen LogP contribution in [0.2, 0.25) is 0 Å². The third kappa shape index (κ3) is 2.30. The number of hydrogen-bond acceptors (Lipinski definition) is 4. The van der Waals surface area contributed by atoms with E-state index in [0.29, 0.717) is 23.6 Å². The lowest BCUT2D eigenvalue weighted by molar-refractivity contribution is 0.165. The third-order valence-electron chi connectivity index (χ3n) is 2.38. The Hall–Kier alpha value is -2.25. The lowest BCUT2D eigenvalue weighted by atomic mass is 10.1. The summed E-state index contributed by atoms with van der Waals surface area (Å²) in [5.74, 6) is 1.37. The second kappa shape index (κ2) is 4.73. The highest BCUT2D eigenvalue weighted by molar-refractivity contribution is 5.69. The predicted octanol–water partition coefficient (Wildman–Crippen LogP) is 2.55. The van der Waals surface area contributed by atoms with Gasteiger partial charge in [0.05, 0.1) is 11.6 Å². The van der Waals surface area contributed by atoms with Crippen molar-refractivity contribution in [2.24, 2.45) is 0 Å². The molecule has 86 valence electrons. The SMILES string of the molecule is COCc1ccc(-c2ccc(N)cc2C#N)o1. The summed E-state index contributed by atoms with van der Waals surface area (Å²) in [5.41, 5.74) is 7.44. The van der Waals surface area contributed by atoms with Gasteiger partial charge in [-0.1, -0.05) is 0 Å². The van der Waals surface area contributed by atoms with Gasteiger partial charge in [-0.05, 0) is 30.3 Å². The summed E-state index contributed by atoms with van der Waals surface area (Å²) < 4.78 is 10.5. The molecule has 0 radical (unpaired) electrons. The van der Waals surface area contributed by atoms with Crippen molar-refractivity contribution >= 4 is 5.69 Å². The monoisotopic (exact) mass is 228 g/mol. The highest BCUT2D eigenvalue weighted by atomic mass is 16.5. The second-order valence-corrected chi connectivity index (χ2v) is 3.62. The Morgan fingerprint density at radius 1 is 1.35 bits per heavy atom. The molecule has 0 atom stereocenters. The minimum absolute atomic E-state index is 0.414. The van der Waals surface area contributed by atoms with E-state index in [1.165, 1.54) is 0 Å². The molecular formula is C13H12N2O2. The van der Waals surface area contributed by atoms with Gasteiger partial charge in [0.2, 0.25) is 0 Å². The molecule has 2 rings (SSSR count). The van der Waals surface area contributed by atoms with E-state index in [2.05, 4.69) is 6.07 Å². The van der Waals surface area contributed by atoms with E-state index in [9.17, 15) is 0 Å². The van der Waals surface area contributed by atoms with E-state index >= 15 is 0 Å². The van der Waals surface area contributed by atoms with Crippen LogP contribution >= 0.6 is 0 Å². The van der Waals surface area contributed by atoms with Gasteiger partial charge in [-0.15, -0.1) is 0 Å². The molecule has 1 heterocycles. The standard InChI is InChI=1S/C13H12N2O2/c1-16-8-11-3-5-13(17-11)12-4-2-10(15)6-9(12)7-14/h2-6H,8,15H2,1H3. The third-order valence-corrected chi connectivity index (χ3v) is 2.38. The van der Waals surface area contributed by atoms with Crippen LogP contribution in [0.15, 0.2) is 34.7 Å². The van der Waals surface area contributed by atoms with Crippen LogP contribution in [-0.2, 0) is 11.3 Å². The molecule has 0 aliphatic carbocycles. The molecule has 0 saturated carbocycles. The summed E-state index contributed by atoms with van der Waals surface area (Å²) in [7, 11) is 1.60. The summed E-state index contributed by atoms with van der Waals surface area (Å²) in [6.07, 6.45) is 0. The maximum atomic E-state index is 9.04. The average Bonchev–Trinajstić information content (AvgIpc) is 2.78. The van der Waals surface area contributed by atoms with Gasteiger partial charge in [0, 0.05) is 18.4 Å². The highest BCUT2D eigenvalue weighted by Crippen LogP contribution is 2.27. The molecule has 1 aromatic carbocycles. The topological polar surface area (TPSA) is 72.2 Å². The van der Waals surface area contributed by atoms with Crippen LogP contribution in [0, 0.1) is 11.3 Å². The molecular weight excluding hydrogens is 216 g/mol. The maximum absolute atomic E-state index is 9.04. The Bertz CT molecular complexity index is 567. The van der Waals surface area contributed by atoms with Crippen molar-refractivity contribution in [2.75, 3.05) is 12.8 Å².